The molecule has 1 aliphatic rings. The number of likely N-dealkylation sites (tertiary alicyclic amines) is 1. The van der Waals surface area contributed by atoms with Crippen molar-refractivity contribution in [3.05, 3.63) is 57.2 Å². The van der Waals surface area contributed by atoms with Crippen LogP contribution in [0.2, 0.25) is 5.02 Å². The molecular weight excluding hydrogens is 328 g/mol. The molecule has 1 N–H and O–H groups in total. The summed E-state index contributed by atoms with van der Waals surface area (Å²) in [5.41, 5.74) is 1.95. The van der Waals surface area contributed by atoms with Crippen LogP contribution < -0.4 is 5.32 Å². The largest absolute Gasteiger partial charge is 0.350 e. The third-order valence-electron chi connectivity index (χ3n) is 4.32. The number of hydrogen-bond acceptors (Lipinski definition) is 3. The summed E-state index contributed by atoms with van der Waals surface area (Å²) in [4.78, 5) is 14.8. The lowest BCUT2D eigenvalue weighted by Crippen LogP contribution is -2.40. The summed E-state index contributed by atoms with van der Waals surface area (Å²) in [6.07, 6.45) is 3.79. The molecule has 1 amide bonds. The average molecular weight is 349 g/mol. The highest BCUT2D eigenvalue weighted by Crippen LogP contribution is 2.26. The summed E-state index contributed by atoms with van der Waals surface area (Å²) < 4.78 is 0. The zero-order valence-electron chi connectivity index (χ0n) is 13.0. The molecule has 0 saturated carbocycles. The van der Waals surface area contributed by atoms with Crippen molar-refractivity contribution in [2.45, 2.75) is 25.3 Å². The minimum Gasteiger partial charge on any atom is -0.350 e. The Bertz CT molecular complexity index is 621. The first-order valence-electron chi connectivity index (χ1n) is 8.04. The quantitative estimate of drug-likeness (QED) is 0.870. The highest BCUT2D eigenvalue weighted by Gasteiger charge is 2.23. The van der Waals surface area contributed by atoms with E-state index in [0.717, 1.165) is 13.1 Å². The van der Waals surface area contributed by atoms with E-state index in [1.165, 1.54) is 24.8 Å². The molecule has 0 aliphatic carbocycles. The summed E-state index contributed by atoms with van der Waals surface area (Å²) in [6, 6.07) is 9.45. The molecule has 23 heavy (non-hydrogen) atoms. The first kappa shape index (κ1) is 16.5. The van der Waals surface area contributed by atoms with Crippen molar-refractivity contribution in [3.8, 4) is 0 Å². The highest BCUT2D eigenvalue weighted by molar-refractivity contribution is 7.07. The van der Waals surface area contributed by atoms with Crippen molar-refractivity contribution < 1.29 is 4.79 Å². The molecule has 2 heterocycles. The van der Waals surface area contributed by atoms with E-state index in [4.69, 9.17) is 11.6 Å². The monoisotopic (exact) mass is 348 g/mol. The van der Waals surface area contributed by atoms with Crippen LogP contribution in [0.5, 0.6) is 0 Å². The van der Waals surface area contributed by atoms with Gasteiger partial charge in [-0.2, -0.15) is 11.3 Å². The fourth-order valence-corrected chi connectivity index (χ4v) is 3.88. The fraction of sp³-hybridized carbons (Fsp3) is 0.389. The van der Waals surface area contributed by atoms with E-state index >= 15 is 0 Å². The Kier molecular flexibility index (Phi) is 5.70. The van der Waals surface area contributed by atoms with Gasteiger partial charge in [0, 0.05) is 17.1 Å². The number of nitrogens with zero attached hydrogens (tertiary/aromatic N) is 1. The van der Waals surface area contributed by atoms with Gasteiger partial charge in [0.05, 0.1) is 6.04 Å². The van der Waals surface area contributed by atoms with E-state index in [2.05, 4.69) is 27.0 Å². The van der Waals surface area contributed by atoms with E-state index in [9.17, 15) is 4.79 Å². The van der Waals surface area contributed by atoms with Crippen LogP contribution in [-0.2, 0) is 0 Å². The molecule has 1 saturated heterocycles. The van der Waals surface area contributed by atoms with Crippen LogP contribution in [0.4, 0.5) is 0 Å². The van der Waals surface area contributed by atoms with Crippen LogP contribution in [0.25, 0.3) is 0 Å². The summed E-state index contributed by atoms with van der Waals surface area (Å²) in [5, 5.41) is 8.02. The molecular formula is C18H21ClN2OS. The number of thiophene rings is 1. The number of carbonyl (C=O) groups is 1. The lowest BCUT2D eigenvalue weighted by Gasteiger charge is -2.34. The Balaban J connectivity index is 1.66. The van der Waals surface area contributed by atoms with E-state index in [1.54, 1.807) is 35.6 Å². The van der Waals surface area contributed by atoms with Gasteiger partial charge < -0.3 is 5.32 Å². The molecule has 1 aromatic heterocycles. The molecule has 0 spiro atoms. The molecule has 1 unspecified atom stereocenters. The van der Waals surface area contributed by atoms with Gasteiger partial charge in [-0.3, -0.25) is 9.69 Å². The van der Waals surface area contributed by atoms with Crippen molar-refractivity contribution in [2.24, 2.45) is 0 Å². The number of benzene rings is 1. The Morgan fingerprint density at radius 1 is 1.17 bits per heavy atom. The molecule has 1 atom stereocenters. The number of hydrogen-bond donors (Lipinski definition) is 1. The second-order valence-electron chi connectivity index (χ2n) is 5.89. The number of halogens is 1. The third-order valence-corrected chi connectivity index (χ3v) is 5.28. The third kappa shape index (κ3) is 4.34. The van der Waals surface area contributed by atoms with Crippen LogP contribution in [0.1, 0.15) is 41.2 Å². The Morgan fingerprint density at radius 2 is 1.91 bits per heavy atom. The minimum absolute atomic E-state index is 0.0427. The van der Waals surface area contributed by atoms with Crippen LogP contribution in [0.3, 0.4) is 0 Å². The van der Waals surface area contributed by atoms with Crippen LogP contribution in [0.15, 0.2) is 41.1 Å². The number of rotatable bonds is 5. The molecule has 1 aromatic carbocycles. The van der Waals surface area contributed by atoms with Crippen molar-refractivity contribution in [2.75, 3.05) is 19.6 Å². The molecule has 1 aliphatic heterocycles. The van der Waals surface area contributed by atoms with Gasteiger partial charge >= 0.3 is 0 Å². The standard InChI is InChI=1S/C18H21ClN2OS/c19-16-6-4-14(5-7-16)18(22)20-12-17(15-8-11-23-13-15)21-9-2-1-3-10-21/h4-8,11,13,17H,1-3,9-10,12H2,(H,20,22). The molecule has 5 heteroatoms. The molecule has 1 fully saturated rings. The van der Waals surface area contributed by atoms with E-state index in [-0.39, 0.29) is 11.9 Å². The average Bonchev–Trinajstić information content (AvgIpc) is 3.11. The highest BCUT2D eigenvalue weighted by atomic mass is 35.5. The van der Waals surface area contributed by atoms with Crippen molar-refractivity contribution >= 4 is 28.8 Å². The van der Waals surface area contributed by atoms with Gasteiger partial charge in [-0.25, -0.2) is 0 Å². The fourth-order valence-electron chi connectivity index (χ4n) is 3.05. The summed E-state index contributed by atoms with van der Waals surface area (Å²) in [5.74, 6) is -0.0427. The number of piperidine rings is 1. The molecule has 3 nitrogen and oxygen atoms in total. The van der Waals surface area contributed by atoms with E-state index in [1.807, 2.05) is 0 Å². The maximum atomic E-state index is 12.3. The summed E-state index contributed by atoms with van der Waals surface area (Å²) in [7, 11) is 0. The Morgan fingerprint density at radius 3 is 2.57 bits per heavy atom. The predicted molar refractivity (Wildman–Crippen MR) is 96.3 cm³/mol. The Hall–Kier alpha value is -1.36. The lowest BCUT2D eigenvalue weighted by atomic mass is 10.0. The summed E-state index contributed by atoms with van der Waals surface area (Å²) >= 11 is 7.59. The van der Waals surface area contributed by atoms with Gasteiger partial charge in [0.15, 0.2) is 0 Å². The first-order valence-corrected chi connectivity index (χ1v) is 9.36. The number of nitrogens with one attached hydrogen (secondary N) is 1. The topological polar surface area (TPSA) is 32.3 Å². The maximum Gasteiger partial charge on any atom is 0.251 e. The van der Waals surface area contributed by atoms with Crippen LogP contribution in [0, 0.1) is 0 Å². The molecule has 0 bridgehead atoms. The molecule has 122 valence electrons. The van der Waals surface area contributed by atoms with Gasteiger partial charge in [-0.1, -0.05) is 18.0 Å². The van der Waals surface area contributed by atoms with Gasteiger partial charge in [-0.15, -0.1) is 0 Å². The second-order valence-corrected chi connectivity index (χ2v) is 7.10. The van der Waals surface area contributed by atoms with E-state index < -0.39 is 0 Å². The molecule has 2 aromatic rings. The zero-order valence-corrected chi connectivity index (χ0v) is 14.6. The zero-order chi connectivity index (χ0) is 16.1. The number of amides is 1. The summed E-state index contributed by atoms with van der Waals surface area (Å²) in [6.45, 7) is 2.85. The SMILES string of the molecule is O=C(NCC(c1ccsc1)N1CCCCC1)c1ccc(Cl)cc1. The minimum atomic E-state index is -0.0427. The molecule has 0 radical (unpaired) electrons. The normalized spacial score (nSPS) is 16.9. The van der Waals surface area contributed by atoms with Crippen molar-refractivity contribution in [3.63, 3.8) is 0 Å². The van der Waals surface area contributed by atoms with Crippen LogP contribution >= 0.6 is 22.9 Å². The van der Waals surface area contributed by atoms with Crippen LogP contribution in [-0.4, -0.2) is 30.4 Å². The number of carbonyl (C=O) groups excluding carboxylic acids is 1. The predicted octanol–water partition coefficient (Wildman–Crippen LogP) is 4.36. The second kappa shape index (κ2) is 7.95. The van der Waals surface area contributed by atoms with Gasteiger partial charge in [0.2, 0.25) is 0 Å². The van der Waals surface area contributed by atoms with Gasteiger partial charge in [0.25, 0.3) is 5.91 Å². The van der Waals surface area contributed by atoms with Gasteiger partial charge in [0.1, 0.15) is 0 Å². The Labute approximate surface area is 146 Å². The van der Waals surface area contributed by atoms with Gasteiger partial charge in [-0.05, 0) is 72.6 Å². The first-order chi connectivity index (χ1) is 11.2. The van der Waals surface area contributed by atoms with Crippen molar-refractivity contribution in [1.29, 1.82) is 0 Å². The van der Waals surface area contributed by atoms with E-state index in [0.29, 0.717) is 17.1 Å². The smallest absolute Gasteiger partial charge is 0.251 e. The van der Waals surface area contributed by atoms with Crippen molar-refractivity contribution in [1.82, 2.24) is 10.2 Å². The molecule has 3 rings (SSSR count). The lowest BCUT2D eigenvalue weighted by molar-refractivity contribution is 0.0924. The maximum absolute atomic E-state index is 12.3.